The maximum absolute atomic E-state index is 13.3. The third-order valence-corrected chi connectivity index (χ3v) is 5.60. The first-order valence-corrected chi connectivity index (χ1v) is 11.0. The highest BCUT2D eigenvalue weighted by Crippen LogP contribution is 2.30. The van der Waals surface area contributed by atoms with E-state index >= 15 is 0 Å². The minimum atomic E-state index is -0.845. The van der Waals surface area contributed by atoms with Gasteiger partial charge >= 0.3 is 6.03 Å². The van der Waals surface area contributed by atoms with Gasteiger partial charge in [-0.2, -0.15) is 0 Å². The van der Waals surface area contributed by atoms with E-state index in [4.69, 9.17) is 4.74 Å². The van der Waals surface area contributed by atoms with Crippen molar-refractivity contribution in [1.29, 1.82) is 0 Å². The predicted molar refractivity (Wildman–Crippen MR) is 125 cm³/mol. The predicted octanol–water partition coefficient (Wildman–Crippen LogP) is 4.47. The van der Waals surface area contributed by atoms with E-state index in [1.165, 1.54) is 17.6 Å². The zero-order valence-corrected chi connectivity index (χ0v) is 19.1. The largest absolute Gasteiger partial charge is 0.497 e. The molecule has 2 aromatic rings. The molecular weight excluding hydrogens is 406 g/mol. The zero-order valence-electron chi connectivity index (χ0n) is 19.1. The second kappa shape index (κ2) is 10.3. The number of carbonyl (C=O) groups excluding carboxylic acids is 3. The molecule has 3 rings (SSSR count). The molecule has 1 aliphatic heterocycles. The van der Waals surface area contributed by atoms with Crippen molar-refractivity contribution in [3.8, 4) is 5.75 Å². The standard InChI is InChI=1S/C25H31N3O4/c1-5-18-9-11-19(12-10-18)26-23(29)16-22-24(30)28(20-7-6-8-21(15-20)32-4)25(31)27(22)14-13-17(2)3/h6-12,15,17,22H,5,13-14,16H2,1-4H3,(H,26,29)/t22-/m0/s1. The summed E-state index contributed by atoms with van der Waals surface area (Å²) in [7, 11) is 1.53. The van der Waals surface area contributed by atoms with Crippen molar-refractivity contribution < 1.29 is 19.1 Å². The molecule has 7 heteroatoms. The quantitative estimate of drug-likeness (QED) is 0.587. The smallest absolute Gasteiger partial charge is 0.332 e. The zero-order chi connectivity index (χ0) is 23.3. The van der Waals surface area contributed by atoms with Crippen LogP contribution in [0.2, 0.25) is 0 Å². The number of benzene rings is 2. The highest BCUT2D eigenvalue weighted by atomic mass is 16.5. The molecule has 4 amide bonds. The lowest BCUT2D eigenvalue weighted by molar-refractivity contribution is -0.124. The van der Waals surface area contributed by atoms with Gasteiger partial charge in [0.15, 0.2) is 0 Å². The number of anilines is 2. The first-order chi connectivity index (χ1) is 15.3. The number of carbonyl (C=O) groups is 3. The number of methoxy groups -OCH3 is 1. The maximum Gasteiger partial charge on any atom is 0.332 e. The Balaban J connectivity index is 1.80. The van der Waals surface area contributed by atoms with Gasteiger partial charge in [-0.1, -0.05) is 39.0 Å². The van der Waals surface area contributed by atoms with Gasteiger partial charge in [-0.15, -0.1) is 0 Å². The second-order valence-corrected chi connectivity index (χ2v) is 8.35. The van der Waals surface area contributed by atoms with Crippen molar-refractivity contribution in [1.82, 2.24) is 4.90 Å². The molecule has 0 unspecified atom stereocenters. The van der Waals surface area contributed by atoms with Gasteiger partial charge in [0.25, 0.3) is 5.91 Å². The summed E-state index contributed by atoms with van der Waals surface area (Å²) < 4.78 is 5.24. The Hall–Kier alpha value is -3.35. The highest BCUT2D eigenvalue weighted by molar-refractivity contribution is 6.22. The van der Waals surface area contributed by atoms with Crippen LogP contribution >= 0.6 is 0 Å². The number of hydrogen-bond donors (Lipinski definition) is 1. The molecule has 0 saturated carbocycles. The van der Waals surface area contributed by atoms with Gasteiger partial charge < -0.3 is 15.0 Å². The van der Waals surface area contributed by atoms with Crippen molar-refractivity contribution in [3.63, 3.8) is 0 Å². The van der Waals surface area contributed by atoms with Gasteiger partial charge in [0, 0.05) is 18.3 Å². The fraction of sp³-hybridized carbons (Fsp3) is 0.400. The number of ether oxygens (including phenoxy) is 1. The molecule has 1 fully saturated rings. The summed E-state index contributed by atoms with van der Waals surface area (Å²) in [6.45, 7) is 6.59. The van der Waals surface area contributed by atoms with E-state index in [2.05, 4.69) is 26.1 Å². The second-order valence-electron chi connectivity index (χ2n) is 8.35. The molecule has 0 aliphatic carbocycles. The lowest BCUT2D eigenvalue weighted by Gasteiger charge is -2.22. The van der Waals surface area contributed by atoms with Gasteiger partial charge in [-0.3, -0.25) is 9.59 Å². The fourth-order valence-corrected chi connectivity index (χ4v) is 3.68. The van der Waals surface area contributed by atoms with Crippen LogP contribution in [0.3, 0.4) is 0 Å². The van der Waals surface area contributed by atoms with Crippen molar-refractivity contribution in [2.24, 2.45) is 5.92 Å². The third kappa shape index (κ3) is 5.28. The van der Waals surface area contributed by atoms with Gasteiger partial charge in [-0.05, 0) is 48.6 Å². The topological polar surface area (TPSA) is 79.0 Å². The fourth-order valence-electron chi connectivity index (χ4n) is 3.68. The van der Waals surface area contributed by atoms with E-state index in [1.54, 1.807) is 24.3 Å². The lowest BCUT2D eigenvalue weighted by atomic mass is 10.1. The van der Waals surface area contributed by atoms with Crippen molar-refractivity contribution in [2.75, 3.05) is 23.9 Å². The first-order valence-electron chi connectivity index (χ1n) is 11.0. The molecule has 1 heterocycles. The molecule has 1 atom stereocenters. The molecule has 1 saturated heterocycles. The lowest BCUT2D eigenvalue weighted by Crippen LogP contribution is -2.39. The minimum absolute atomic E-state index is 0.0985. The average Bonchev–Trinajstić information content (AvgIpc) is 3.01. The Bertz CT molecular complexity index is 971. The van der Waals surface area contributed by atoms with E-state index in [-0.39, 0.29) is 12.3 Å². The van der Waals surface area contributed by atoms with E-state index in [1.807, 2.05) is 24.3 Å². The van der Waals surface area contributed by atoms with Crippen LogP contribution < -0.4 is 15.0 Å². The van der Waals surface area contributed by atoms with Gasteiger partial charge in [0.2, 0.25) is 5.91 Å². The molecule has 0 spiro atoms. The molecule has 2 aromatic carbocycles. The Morgan fingerprint density at radius 1 is 1.12 bits per heavy atom. The number of nitrogens with one attached hydrogen (secondary N) is 1. The van der Waals surface area contributed by atoms with Crippen LogP contribution in [0.15, 0.2) is 48.5 Å². The summed E-state index contributed by atoms with van der Waals surface area (Å²) in [5, 5.41) is 2.85. The van der Waals surface area contributed by atoms with Gasteiger partial charge in [0.1, 0.15) is 11.8 Å². The Kier molecular flexibility index (Phi) is 7.51. The summed E-state index contributed by atoms with van der Waals surface area (Å²) in [5.41, 5.74) is 2.28. The average molecular weight is 438 g/mol. The normalized spacial score (nSPS) is 16.1. The van der Waals surface area contributed by atoms with E-state index in [0.717, 1.165) is 17.7 Å². The van der Waals surface area contributed by atoms with E-state index < -0.39 is 18.0 Å². The molecule has 1 aliphatic rings. The molecule has 0 aromatic heterocycles. The van der Waals surface area contributed by atoms with Crippen LogP contribution in [0.1, 0.15) is 39.2 Å². The summed E-state index contributed by atoms with van der Waals surface area (Å²) in [6.07, 6.45) is 1.55. The third-order valence-electron chi connectivity index (χ3n) is 5.60. The van der Waals surface area contributed by atoms with Gasteiger partial charge in [-0.25, -0.2) is 9.69 Å². The van der Waals surface area contributed by atoms with Crippen LogP contribution in [-0.2, 0) is 16.0 Å². The van der Waals surface area contributed by atoms with Crippen LogP contribution in [-0.4, -0.2) is 42.4 Å². The molecule has 7 nitrogen and oxygen atoms in total. The maximum atomic E-state index is 13.3. The molecule has 32 heavy (non-hydrogen) atoms. The Morgan fingerprint density at radius 2 is 1.84 bits per heavy atom. The van der Waals surface area contributed by atoms with E-state index in [9.17, 15) is 14.4 Å². The molecule has 170 valence electrons. The number of aryl methyl sites for hydroxylation is 1. The number of urea groups is 1. The number of nitrogens with zero attached hydrogens (tertiary/aromatic N) is 2. The minimum Gasteiger partial charge on any atom is -0.497 e. The highest BCUT2D eigenvalue weighted by Gasteiger charge is 2.46. The Labute approximate surface area is 189 Å². The van der Waals surface area contributed by atoms with Crippen LogP contribution in [0.25, 0.3) is 0 Å². The monoisotopic (exact) mass is 437 g/mol. The van der Waals surface area contributed by atoms with Gasteiger partial charge in [0.05, 0.1) is 19.2 Å². The summed E-state index contributed by atoms with van der Waals surface area (Å²) in [6, 6.07) is 13.2. The van der Waals surface area contributed by atoms with Crippen LogP contribution in [0, 0.1) is 5.92 Å². The molecular formula is C25H31N3O4. The number of imide groups is 1. The SMILES string of the molecule is CCc1ccc(NC(=O)C[C@H]2C(=O)N(c3cccc(OC)c3)C(=O)N2CCC(C)C)cc1. The number of rotatable bonds is 9. The van der Waals surface area contributed by atoms with Crippen LogP contribution in [0.4, 0.5) is 16.2 Å². The summed E-state index contributed by atoms with van der Waals surface area (Å²) >= 11 is 0. The number of hydrogen-bond acceptors (Lipinski definition) is 4. The number of amides is 4. The van der Waals surface area contributed by atoms with E-state index in [0.29, 0.717) is 29.6 Å². The van der Waals surface area contributed by atoms with Crippen molar-refractivity contribution in [2.45, 2.75) is 46.1 Å². The summed E-state index contributed by atoms with van der Waals surface area (Å²) in [4.78, 5) is 41.9. The summed E-state index contributed by atoms with van der Waals surface area (Å²) in [5.74, 6) is 0.204. The molecule has 0 radical (unpaired) electrons. The molecule has 1 N–H and O–H groups in total. The molecule has 0 bridgehead atoms. The Morgan fingerprint density at radius 3 is 2.47 bits per heavy atom. The van der Waals surface area contributed by atoms with Crippen LogP contribution in [0.5, 0.6) is 5.75 Å². The van der Waals surface area contributed by atoms with Crippen molar-refractivity contribution in [3.05, 3.63) is 54.1 Å². The first kappa shape index (κ1) is 23.3. The van der Waals surface area contributed by atoms with Crippen molar-refractivity contribution >= 4 is 29.2 Å².